The molecule has 0 atom stereocenters. The number of hydrogen-bond donors (Lipinski definition) is 0. The SMILES string of the molecule is CCCCCCCCCCCCN1C(=O)c2ccc3c4ccc5c(=O)n6c7cccc8cccc(nc6c6ccc(c9ccc(c2c39)C1=O)c4c56)c87. The van der Waals surface area contributed by atoms with Gasteiger partial charge in [-0.15, -0.1) is 0 Å². The summed E-state index contributed by atoms with van der Waals surface area (Å²) in [4.78, 5) is 49.0. The Kier molecular flexibility index (Phi) is 7.17. The first kappa shape index (κ1) is 31.1. The maximum Gasteiger partial charge on any atom is 0.264 e. The van der Waals surface area contributed by atoms with Crippen molar-refractivity contribution in [3.63, 3.8) is 0 Å². The summed E-state index contributed by atoms with van der Waals surface area (Å²) in [5.74, 6) is -0.408. The molecule has 0 bridgehead atoms. The molecule has 6 heteroatoms. The second-order valence-electron chi connectivity index (χ2n) is 14.8. The first-order valence-corrected chi connectivity index (χ1v) is 19.1. The minimum atomic E-state index is -0.204. The van der Waals surface area contributed by atoms with Gasteiger partial charge in [0.15, 0.2) is 0 Å². The Morgan fingerprint density at radius 1 is 0.500 bits per heavy atom. The molecule has 0 saturated carbocycles. The molecule has 2 amide bonds. The molecule has 256 valence electrons. The third-order valence-electron chi connectivity index (χ3n) is 11.8. The molecule has 9 aromatic rings. The third-order valence-corrected chi connectivity index (χ3v) is 11.8. The summed E-state index contributed by atoms with van der Waals surface area (Å²) < 4.78 is 1.77. The van der Waals surface area contributed by atoms with Crippen molar-refractivity contribution in [2.75, 3.05) is 6.54 Å². The Balaban J connectivity index is 1.07. The number of fused-ring (bicyclic) bond motifs is 5. The van der Waals surface area contributed by atoms with Gasteiger partial charge in [0.05, 0.1) is 11.0 Å². The lowest BCUT2D eigenvalue weighted by Gasteiger charge is -2.28. The van der Waals surface area contributed by atoms with E-state index in [4.69, 9.17) is 4.98 Å². The summed E-state index contributed by atoms with van der Waals surface area (Å²) in [5, 5.41) is 11.1. The normalized spacial score (nSPS) is 13.7. The summed E-state index contributed by atoms with van der Waals surface area (Å²) in [6.07, 6.45) is 12.0. The molecule has 10 rings (SSSR count). The smallest absolute Gasteiger partial charge is 0.264 e. The monoisotopic (exact) mass is 681 g/mol. The quantitative estimate of drug-likeness (QED) is 0.0589. The highest BCUT2D eigenvalue weighted by atomic mass is 16.2. The first-order chi connectivity index (χ1) is 25.6. The summed E-state index contributed by atoms with van der Waals surface area (Å²) in [6, 6.07) is 28.2. The zero-order valence-corrected chi connectivity index (χ0v) is 29.4. The number of pyridine rings is 1. The second-order valence-corrected chi connectivity index (χ2v) is 14.8. The Labute approximate surface area is 300 Å². The van der Waals surface area contributed by atoms with Crippen LogP contribution in [0.1, 0.15) is 91.8 Å². The van der Waals surface area contributed by atoms with Crippen LogP contribution in [0.25, 0.3) is 81.3 Å². The predicted octanol–water partition coefficient (Wildman–Crippen LogP) is 11.2. The third kappa shape index (κ3) is 4.36. The predicted molar refractivity (Wildman–Crippen MR) is 214 cm³/mol. The van der Waals surface area contributed by atoms with Crippen molar-refractivity contribution in [3.8, 4) is 0 Å². The maximum absolute atomic E-state index is 14.4. The molecule has 0 aliphatic carbocycles. The highest BCUT2D eigenvalue weighted by molar-refractivity contribution is 6.41. The summed E-state index contributed by atoms with van der Waals surface area (Å²) in [7, 11) is 0. The molecule has 1 aliphatic heterocycles. The lowest BCUT2D eigenvalue weighted by molar-refractivity contribution is 0.0607. The van der Waals surface area contributed by atoms with Crippen molar-refractivity contribution in [3.05, 3.63) is 106 Å². The molecule has 1 aliphatic rings. The highest BCUT2D eigenvalue weighted by Crippen LogP contribution is 2.46. The van der Waals surface area contributed by atoms with Gasteiger partial charge in [0.2, 0.25) is 0 Å². The fourth-order valence-corrected chi connectivity index (χ4v) is 9.32. The van der Waals surface area contributed by atoms with Crippen LogP contribution in [0.2, 0.25) is 0 Å². The number of nitrogens with zero attached hydrogens (tertiary/aromatic N) is 3. The molecule has 0 saturated heterocycles. The van der Waals surface area contributed by atoms with E-state index in [1.54, 1.807) is 4.40 Å². The minimum Gasteiger partial charge on any atom is -0.274 e. The number of imide groups is 1. The van der Waals surface area contributed by atoms with Gasteiger partial charge in [-0.25, -0.2) is 4.98 Å². The van der Waals surface area contributed by atoms with Gasteiger partial charge in [-0.05, 0) is 80.5 Å². The van der Waals surface area contributed by atoms with Gasteiger partial charge < -0.3 is 0 Å². The number of benzene rings is 7. The van der Waals surface area contributed by atoms with E-state index in [9.17, 15) is 14.4 Å². The van der Waals surface area contributed by atoms with Crippen LogP contribution in [0, 0.1) is 0 Å². The highest BCUT2D eigenvalue weighted by Gasteiger charge is 2.34. The maximum atomic E-state index is 14.4. The van der Waals surface area contributed by atoms with E-state index in [0.29, 0.717) is 28.7 Å². The standard InChI is InChI=1S/C46H39N3O3/c1-2-3-4-5-6-7-8-9-10-11-26-48-44(50)33-23-19-30-28-18-22-32-41-35(25-21-29(39(28)41)31-20-24-34(45(48)51)42(33)40(30)31)46(52)49-37-17-13-15-27-14-12-16-36(38(27)37)47-43(32)49/h12-25H,2-11,26H2,1H3. The van der Waals surface area contributed by atoms with Gasteiger partial charge in [0.25, 0.3) is 17.4 Å². The molecule has 2 aromatic heterocycles. The summed E-state index contributed by atoms with van der Waals surface area (Å²) in [6.45, 7) is 2.69. The molecule has 0 unspecified atom stereocenters. The molecular weight excluding hydrogens is 643 g/mol. The van der Waals surface area contributed by atoms with E-state index in [0.717, 1.165) is 89.5 Å². The van der Waals surface area contributed by atoms with E-state index in [1.807, 2.05) is 60.7 Å². The van der Waals surface area contributed by atoms with Gasteiger partial charge in [0.1, 0.15) is 5.65 Å². The topological polar surface area (TPSA) is 71.8 Å². The fourth-order valence-electron chi connectivity index (χ4n) is 9.32. The van der Waals surface area contributed by atoms with Gasteiger partial charge in [-0.2, -0.15) is 0 Å². The van der Waals surface area contributed by atoms with Crippen molar-refractivity contribution in [1.82, 2.24) is 14.3 Å². The number of hydrogen-bond acceptors (Lipinski definition) is 4. The van der Waals surface area contributed by atoms with Crippen LogP contribution < -0.4 is 5.56 Å². The summed E-state index contributed by atoms with van der Waals surface area (Å²) in [5.41, 5.74) is 3.44. The largest absolute Gasteiger partial charge is 0.274 e. The molecule has 52 heavy (non-hydrogen) atoms. The van der Waals surface area contributed by atoms with Crippen LogP contribution in [0.4, 0.5) is 0 Å². The van der Waals surface area contributed by atoms with E-state index in [-0.39, 0.29) is 17.4 Å². The average Bonchev–Trinajstić information content (AvgIpc) is 3.17. The number of unbranched alkanes of at least 4 members (excludes halogenated alkanes) is 9. The Bertz CT molecular complexity index is 2900. The van der Waals surface area contributed by atoms with Crippen molar-refractivity contribution in [2.45, 2.75) is 71.1 Å². The molecule has 7 aromatic carbocycles. The Hall–Kier alpha value is -5.62. The number of aromatic nitrogens is 2. The van der Waals surface area contributed by atoms with Gasteiger partial charge in [-0.1, -0.05) is 113 Å². The van der Waals surface area contributed by atoms with Crippen molar-refractivity contribution in [1.29, 1.82) is 0 Å². The molecule has 0 radical (unpaired) electrons. The number of carbonyl (C=O) groups is 2. The summed E-state index contributed by atoms with van der Waals surface area (Å²) >= 11 is 0. The second kappa shape index (κ2) is 12.0. The fraction of sp³-hybridized carbons (Fsp3) is 0.261. The van der Waals surface area contributed by atoms with E-state index in [2.05, 4.69) is 31.2 Å². The van der Waals surface area contributed by atoms with E-state index >= 15 is 0 Å². The number of rotatable bonds is 11. The van der Waals surface area contributed by atoms with Gasteiger partial charge in [-0.3, -0.25) is 23.7 Å². The van der Waals surface area contributed by atoms with Crippen LogP contribution in [0.3, 0.4) is 0 Å². The lowest BCUT2D eigenvalue weighted by Crippen LogP contribution is -2.40. The molecule has 0 spiro atoms. The van der Waals surface area contributed by atoms with Crippen LogP contribution in [0.15, 0.2) is 89.7 Å². The van der Waals surface area contributed by atoms with Gasteiger partial charge in [0, 0.05) is 44.6 Å². The molecular formula is C46H39N3O3. The van der Waals surface area contributed by atoms with Crippen molar-refractivity contribution < 1.29 is 9.59 Å². The first-order valence-electron chi connectivity index (χ1n) is 19.1. The van der Waals surface area contributed by atoms with Crippen LogP contribution in [-0.4, -0.2) is 32.6 Å². The molecule has 0 fully saturated rings. The zero-order valence-electron chi connectivity index (χ0n) is 29.4. The van der Waals surface area contributed by atoms with Crippen molar-refractivity contribution >= 4 is 93.1 Å². The van der Waals surface area contributed by atoms with Gasteiger partial charge >= 0.3 is 0 Å². The van der Waals surface area contributed by atoms with Crippen molar-refractivity contribution in [2.24, 2.45) is 0 Å². The minimum absolute atomic E-state index is 0.0910. The Morgan fingerprint density at radius 3 is 1.67 bits per heavy atom. The number of carbonyl (C=O) groups excluding carboxylic acids is 2. The molecule has 6 nitrogen and oxygen atoms in total. The van der Waals surface area contributed by atoms with Crippen LogP contribution in [-0.2, 0) is 0 Å². The lowest BCUT2D eigenvalue weighted by atomic mass is 9.83. The van der Waals surface area contributed by atoms with E-state index in [1.165, 1.54) is 49.8 Å². The van der Waals surface area contributed by atoms with E-state index < -0.39 is 0 Å². The Morgan fingerprint density at radius 2 is 1.02 bits per heavy atom. The zero-order chi connectivity index (χ0) is 35.1. The van der Waals surface area contributed by atoms with Crippen LogP contribution in [0.5, 0.6) is 0 Å². The molecule has 0 N–H and O–H groups in total. The average molecular weight is 682 g/mol. The molecule has 3 heterocycles. The number of amides is 2. The van der Waals surface area contributed by atoms with Crippen LogP contribution >= 0.6 is 0 Å².